The number of nitrogens with zero attached hydrogens (tertiary/aromatic N) is 2. The van der Waals surface area contributed by atoms with E-state index in [4.69, 9.17) is 0 Å². The number of carbonyl (C=O) groups is 1. The summed E-state index contributed by atoms with van der Waals surface area (Å²) in [6.45, 7) is 2.35. The number of hydrogen-bond acceptors (Lipinski definition) is 3. The molecule has 0 radical (unpaired) electrons. The summed E-state index contributed by atoms with van der Waals surface area (Å²) in [5.74, 6) is -0.514. The van der Waals surface area contributed by atoms with Crippen LogP contribution in [-0.2, 0) is 21.2 Å². The second-order valence-corrected chi connectivity index (χ2v) is 9.84. The Morgan fingerprint density at radius 1 is 1.21 bits per heavy atom. The molecule has 2 heterocycles. The standard InChI is InChI=1S/C20H20BrFN2O3S/c1-13(25)23-10-8-14-11-16(21)20(12-19(14)23)28(26,27)24-9-4-7-18(24)15-5-2-3-6-17(15)22/h2-3,5-6,11-12,18H,4,7-10H2,1H3. The predicted molar refractivity (Wildman–Crippen MR) is 108 cm³/mol. The normalized spacial score (nSPS) is 19.8. The van der Waals surface area contributed by atoms with Crippen LogP contribution in [-0.4, -0.2) is 31.7 Å². The Morgan fingerprint density at radius 3 is 2.68 bits per heavy atom. The molecule has 5 nitrogen and oxygen atoms in total. The van der Waals surface area contributed by atoms with Crippen LogP contribution >= 0.6 is 15.9 Å². The van der Waals surface area contributed by atoms with E-state index >= 15 is 0 Å². The summed E-state index contributed by atoms with van der Waals surface area (Å²) in [6.07, 6.45) is 1.93. The van der Waals surface area contributed by atoms with E-state index in [1.54, 1.807) is 35.2 Å². The van der Waals surface area contributed by atoms with Crippen molar-refractivity contribution in [1.82, 2.24) is 4.31 Å². The molecular formula is C20H20BrFN2O3S. The summed E-state index contributed by atoms with van der Waals surface area (Å²) in [5.41, 5.74) is 1.97. The molecular weight excluding hydrogens is 447 g/mol. The largest absolute Gasteiger partial charge is 0.312 e. The highest BCUT2D eigenvalue weighted by molar-refractivity contribution is 9.10. The second-order valence-electron chi connectivity index (χ2n) is 7.13. The van der Waals surface area contributed by atoms with Crippen molar-refractivity contribution >= 4 is 37.5 Å². The number of sulfonamides is 1. The van der Waals surface area contributed by atoms with Gasteiger partial charge in [-0.05, 0) is 59.0 Å². The fraction of sp³-hybridized carbons (Fsp3) is 0.350. The van der Waals surface area contributed by atoms with E-state index in [9.17, 15) is 17.6 Å². The lowest BCUT2D eigenvalue weighted by atomic mass is 10.1. The van der Waals surface area contributed by atoms with Crippen LogP contribution in [0.4, 0.5) is 10.1 Å². The molecule has 1 amide bonds. The van der Waals surface area contributed by atoms with E-state index in [-0.39, 0.29) is 10.8 Å². The number of halogens is 2. The van der Waals surface area contributed by atoms with Crippen molar-refractivity contribution < 1.29 is 17.6 Å². The van der Waals surface area contributed by atoms with Gasteiger partial charge in [-0.25, -0.2) is 12.8 Å². The van der Waals surface area contributed by atoms with Crippen molar-refractivity contribution in [2.24, 2.45) is 0 Å². The number of rotatable bonds is 3. The molecule has 28 heavy (non-hydrogen) atoms. The molecule has 148 valence electrons. The maximum absolute atomic E-state index is 14.3. The van der Waals surface area contributed by atoms with Crippen LogP contribution in [0.2, 0.25) is 0 Å². The quantitative estimate of drug-likeness (QED) is 0.685. The Hall–Kier alpha value is -1.77. The molecule has 2 aliphatic heterocycles. The van der Waals surface area contributed by atoms with Gasteiger partial charge in [0.05, 0.1) is 10.9 Å². The molecule has 8 heteroatoms. The lowest BCUT2D eigenvalue weighted by molar-refractivity contribution is -0.116. The fourth-order valence-electron chi connectivity index (χ4n) is 4.12. The number of benzene rings is 2. The summed E-state index contributed by atoms with van der Waals surface area (Å²) in [7, 11) is -3.87. The average molecular weight is 467 g/mol. The second kappa shape index (κ2) is 7.24. The summed E-state index contributed by atoms with van der Waals surface area (Å²) in [6, 6.07) is 9.13. The van der Waals surface area contributed by atoms with Gasteiger partial charge < -0.3 is 4.90 Å². The Kier molecular flexibility index (Phi) is 5.05. The highest BCUT2D eigenvalue weighted by Crippen LogP contribution is 2.41. The van der Waals surface area contributed by atoms with Crippen LogP contribution < -0.4 is 4.90 Å². The SMILES string of the molecule is CC(=O)N1CCc2cc(Br)c(S(=O)(=O)N3CCCC3c3ccccc3F)cc21. The molecule has 2 aromatic rings. The number of anilines is 1. The zero-order valence-electron chi connectivity index (χ0n) is 15.4. The van der Waals surface area contributed by atoms with Crippen LogP contribution in [0, 0.1) is 5.82 Å². The number of fused-ring (bicyclic) bond motifs is 1. The molecule has 1 unspecified atom stereocenters. The molecule has 0 aromatic heterocycles. The average Bonchev–Trinajstić information content (AvgIpc) is 3.28. The van der Waals surface area contributed by atoms with Gasteiger partial charge in [-0.15, -0.1) is 0 Å². The van der Waals surface area contributed by atoms with Crippen molar-refractivity contribution in [1.29, 1.82) is 0 Å². The van der Waals surface area contributed by atoms with E-state index in [0.717, 1.165) is 5.56 Å². The van der Waals surface area contributed by atoms with Crippen LogP contribution in [0.1, 0.15) is 36.9 Å². The molecule has 0 aliphatic carbocycles. The topological polar surface area (TPSA) is 57.7 Å². The van der Waals surface area contributed by atoms with Gasteiger partial charge in [-0.3, -0.25) is 4.79 Å². The Morgan fingerprint density at radius 2 is 1.96 bits per heavy atom. The van der Waals surface area contributed by atoms with Crippen molar-refractivity contribution in [2.45, 2.75) is 37.1 Å². The Balaban J connectivity index is 1.78. The predicted octanol–water partition coefficient (Wildman–Crippen LogP) is 4.02. The third-order valence-corrected chi connectivity index (χ3v) is 8.33. The van der Waals surface area contributed by atoms with E-state index < -0.39 is 21.9 Å². The molecule has 4 rings (SSSR count). The highest BCUT2D eigenvalue weighted by atomic mass is 79.9. The van der Waals surface area contributed by atoms with Crippen LogP contribution in [0.3, 0.4) is 0 Å². The first-order valence-electron chi connectivity index (χ1n) is 9.17. The van der Waals surface area contributed by atoms with Gasteiger partial charge in [0, 0.05) is 35.7 Å². The van der Waals surface area contributed by atoms with Gasteiger partial charge in [-0.1, -0.05) is 18.2 Å². The first-order chi connectivity index (χ1) is 13.3. The van der Waals surface area contributed by atoms with Gasteiger partial charge >= 0.3 is 0 Å². The molecule has 2 aliphatic rings. The van der Waals surface area contributed by atoms with Crippen molar-refractivity contribution in [2.75, 3.05) is 18.0 Å². The molecule has 1 saturated heterocycles. The maximum Gasteiger partial charge on any atom is 0.244 e. The molecule has 0 spiro atoms. The molecule has 0 bridgehead atoms. The number of amides is 1. The third kappa shape index (κ3) is 3.17. The monoisotopic (exact) mass is 466 g/mol. The highest BCUT2D eigenvalue weighted by Gasteiger charge is 2.39. The zero-order chi connectivity index (χ0) is 20.1. The van der Waals surface area contributed by atoms with E-state index in [2.05, 4.69) is 15.9 Å². The lowest BCUT2D eigenvalue weighted by Gasteiger charge is -2.26. The third-order valence-electron chi connectivity index (χ3n) is 5.46. The van der Waals surface area contributed by atoms with Crippen molar-refractivity contribution in [3.05, 3.63) is 57.8 Å². The molecule has 1 atom stereocenters. The number of hydrogen-bond donors (Lipinski definition) is 0. The molecule has 0 saturated carbocycles. The van der Waals surface area contributed by atoms with E-state index in [1.807, 2.05) is 0 Å². The van der Waals surface area contributed by atoms with Crippen LogP contribution in [0.25, 0.3) is 0 Å². The van der Waals surface area contributed by atoms with Gasteiger partial charge in [0.15, 0.2) is 0 Å². The van der Waals surface area contributed by atoms with Gasteiger partial charge in [0.25, 0.3) is 0 Å². The van der Waals surface area contributed by atoms with E-state index in [1.165, 1.54) is 17.3 Å². The van der Waals surface area contributed by atoms with Crippen LogP contribution in [0.5, 0.6) is 0 Å². The number of carbonyl (C=O) groups excluding carboxylic acids is 1. The molecule has 0 N–H and O–H groups in total. The van der Waals surface area contributed by atoms with E-state index in [0.29, 0.717) is 48.1 Å². The van der Waals surface area contributed by atoms with Crippen molar-refractivity contribution in [3.63, 3.8) is 0 Å². The minimum atomic E-state index is -3.87. The Labute approximate surface area is 172 Å². The van der Waals surface area contributed by atoms with Gasteiger partial charge in [0.1, 0.15) is 5.82 Å². The summed E-state index contributed by atoms with van der Waals surface area (Å²) < 4.78 is 43.2. The smallest absolute Gasteiger partial charge is 0.244 e. The first-order valence-corrected chi connectivity index (χ1v) is 11.4. The minimum absolute atomic E-state index is 0.114. The summed E-state index contributed by atoms with van der Waals surface area (Å²) in [5, 5.41) is 0. The maximum atomic E-state index is 14.3. The zero-order valence-corrected chi connectivity index (χ0v) is 17.8. The lowest BCUT2D eigenvalue weighted by Crippen LogP contribution is -2.31. The Bertz CT molecular complexity index is 1060. The fourth-order valence-corrected chi connectivity index (χ4v) is 6.87. The molecule has 1 fully saturated rings. The van der Waals surface area contributed by atoms with Gasteiger partial charge in [-0.2, -0.15) is 4.31 Å². The minimum Gasteiger partial charge on any atom is -0.312 e. The molecule has 2 aromatic carbocycles. The first kappa shape index (κ1) is 19.5. The van der Waals surface area contributed by atoms with Crippen LogP contribution in [0.15, 0.2) is 45.8 Å². The van der Waals surface area contributed by atoms with Gasteiger partial charge in [0.2, 0.25) is 15.9 Å². The summed E-state index contributed by atoms with van der Waals surface area (Å²) in [4.78, 5) is 13.6. The summed E-state index contributed by atoms with van der Waals surface area (Å²) >= 11 is 3.40. The van der Waals surface area contributed by atoms with Crippen molar-refractivity contribution in [3.8, 4) is 0 Å².